The second-order valence-corrected chi connectivity index (χ2v) is 2.10. The lowest BCUT2D eigenvalue weighted by atomic mass is 10.9. The number of carbonyl (C=O) groups is 1. The third-order valence-corrected chi connectivity index (χ3v) is 0.758. The molecule has 0 fully saturated rings. The van der Waals surface area contributed by atoms with E-state index >= 15 is 0 Å². The summed E-state index contributed by atoms with van der Waals surface area (Å²) in [7, 11) is 0. The quantitative estimate of drug-likeness (QED) is 0.553. The van der Waals surface area contributed by atoms with Crippen LogP contribution in [0, 0.1) is 0 Å². The van der Waals surface area contributed by atoms with Crippen LogP contribution < -0.4 is 0 Å². The largest absolute Gasteiger partial charge is 0.448 e. The molecule has 8 heavy (non-hydrogen) atoms. The van der Waals surface area contributed by atoms with Crippen molar-refractivity contribution in [3.8, 4) is 0 Å². The fourth-order valence-electron chi connectivity index (χ4n) is 0.181. The van der Waals surface area contributed by atoms with Gasteiger partial charge in [-0.25, -0.2) is 4.79 Å². The summed E-state index contributed by atoms with van der Waals surface area (Å²) in [6.45, 7) is 2.05. The number of nitrogens with zero attached hydrogens (tertiary/aromatic N) is 1. The van der Waals surface area contributed by atoms with Gasteiger partial charge >= 0.3 is 6.09 Å². The SMILES string of the molecule is CCOC(=O)N(S)S. The normalized spacial score (nSPS) is 8.38. The van der Waals surface area contributed by atoms with Gasteiger partial charge in [0.25, 0.3) is 0 Å². The Hall–Kier alpha value is -0.0300. The molecule has 0 aliphatic carbocycles. The van der Waals surface area contributed by atoms with E-state index in [0.717, 1.165) is 3.71 Å². The molecular weight excluding hydrogens is 146 g/mol. The topological polar surface area (TPSA) is 29.5 Å². The molecule has 5 heteroatoms. The highest BCUT2D eigenvalue weighted by Crippen LogP contribution is 1.99. The van der Waals surface area contributed by atoms with E-state index < -0.39 is 6.09 Å². The highest BCUT2D eigenvalue weighted by Gasteiger charge is 2.02. The van der Waals surface area contributed by atoms with Crippen molar-refractivity contribution in [1.29, 1.82) is 0 Å². The van der Waals surface area contributed by atoms with Crippen LogP contribution in [0.15, 0.2) is 0 Å². The van der Waals surface area contributed by atoms with Gasteiger partial charge in [0.1, 0.15) is 0 Å². The maximum Gasteiger partial charge on any atom is 0.429 e. The van der Waals surface area contributed by atoms with E-state index in [2.05, 4.69) is 30.4 Å². The summed E-state index contributed by atoms with van der Waals surface area (Å²) < 4.78 is 5.22. The Balaban J connectivity index is 3.33. The first-order valence-corrected chi connectivity index (χ1v) is 2.83. The lowest BCUT2D eigenvalue weighted by molar-refractivity contribution is 0.148. The van der Waals surface area contributed by atoms with Crippen molar-refractivity contribution >= 4 is 31.7 Å². The standard InChI is InChI=1S/C3H7NO2S2/c1-2-6-3(5)4(7)8/h7-8H,2H2,1H3. The van der Waals surface area contributed by atoms with Gasteiger partial charge in [-0.05, 0) is 32.6 Å². The zero-order valence-electron chi connectivity index (χ0n) is 4.37. The summed E-state index contributed by atoms with van der Waals surface area (Å²) in [5, 5.41) is 0. The van der Waals surface area contributed by atoms with Crippen molar-refractivity contribution in [2.24, 2.45) is 0 Å². The van der Waals surface area contributed by atoms with Gasteiger partial charge in [-0.1, -0.05) is 0 Å². The minimum atomic E-state index is -0.556. The van der Waals surface area contributed by atoms with E-state index in [1.54, 1.807) is 6.92 Å². The molecule has 0 atom stereocenters. The van der Waals surface area contributed by atoms with Crippen molar-refractivity contribution in [3.05, 3.63) is 0 Å². The van der Waals surface area contributed by atoms with Crippen molar-refractivity contribution in [3.63, 3.8) is 0 Å². The van der Waals surface area contributed by atoms with E-state index in [1.165, 1.54) is 0 Å². The minimum Gasteiger partial charge on any atom is -0.448 e. The third-order valence-electron chi connectivity index (χ3n) is 0.431. The van der Waals surface area contributed by atoms with Gasteiger partial charge in [0.2, 0.25) is 0 Å². The van der Waals surface area contributed by atoms with Gasteiger partial charge in [-0.3, -0.25) is 0 Å². The van der Waals surface area contributed by atoms with Crippen LogP contribution in [0.5, 0.6) is 0 Å². The van der Waals surface area contributed by atoms with Gasteiger partial charge < -0.3 is 4.74 Å². The van der Waals surface area contributed by atoms with Crippen LogP contribution in [-0.2, 0) is 4.74 Å². The highest BCUT2D eigenvalue weighted by atomic mass is 32.2. The molecule has 0 spiro atoms. The van der Waals surface area contributed by atoms with Crippen molar-refractivity contribution < 1.29 is 9.53 Å². The second-order valence-electron chi connectivity index (χ2n) is 0.988. The van der Waals surface area contributed by atoms with Crippen LogP contribution in [0.4, 0.5) is 4.79 Å². The highest BCUT2D eigenvalue weighted by molar-refractivity contribution is 7.94. The molecule has 0 aliphatic heterocycles. The monoisotopic (exact) mass is 153 g/mol. The third kappa shape index (κ3) is 3.04. The van der Waals surface area contributed by atoms with Crippen LogP contribution in [-0.4, -0.2) is 16.4 Å². The Morgan fingerprint density at radius 1 is 1.75 bits per heavy atom. The molecular formula is C3H7NO2S2. The molecule has 48 valence electrons. The summed E-state index contributed by atoms with van der Waals surface area (Å²) >= 11 is 7.10. The van der Waals surface area contributed by atoms with Crippen LogP contribution in [0.1, 0.15) is 6.92 Å². The van der Waals surface area contributed by atoms with Gasteiger partial charge in [-0.15, -0.1) is 0 Å². The van der Waals surface area contributed by atoms with Crippen LogP contribution in [0.2, 0.25) is 0 Å². The second kappa shape index (κ2) is 3.91. The smallest absolute Gasteiger partial charge is 0.429 e. The molecule has 0 aromatic heterocycles. The summed E-state index contributed by atoms with van der Waals surface area (Å²) in [5.74, 6) is 0. The summed E-state index contributed by atoms with van der Waals surface area (Å²) in [6.07, 6.45) is -0.556. The molecule has 0 rings (SSSR count). The van der Waals surface area contributed by atoms with Crippen molar-refractivity contribution in [1.82, 2.24) is 3.71 Å². The maximum atomic E-state index is 10.3. The fraction of sp³-hybridized carbons (Fsp3) is 0.667. The Kier molecular flexibility index (Phi) is 3.90. The first-order valence-electron chi connectivity index (χ1n) is 2.03. The zero-order chi connectivity index (χ0) is 6.57. The number of hydrogen-bond donors (Lipinski definition) is 2. The summed E-state index contributed by atoms with van der Waals surface area (Å²) in [5.41, 5.74) is 0. The van der Waals surface area contributed by atoms with E-state index in [-0.39, 0.29) is 0 Å². The van der Waals surface area contributed by atoms with Crippen molar-refractivity contribution in [2.75, 3.05) is 6.61 Å². The average molecular weight is 153 g/mol. The molecule has 1 amide bonds. The number of hydrogen-bond acceptors (Lipinski definition) is 4. The first-order chi connectivity index (χ1) is 3.68. The zero-order valence-corrected chi connectivity index (χ0v) is 6.15. The Labute approximate surface area is 59.1 Å². The molecule has 0 bridgehead atoms. The van der Waals surface area contributed by atoms with Gasteiger partial charge in [-0.2, -0.15) is 3.71 Å². The Morgan fingerprint density at radius 2 is 2.25 bits per heavy atom. The molecule has 3 nitrogen and oxygen atoms in total. The Morgan fingerprint density at radius 3 is 2.38 bits per heavy atom. The number of ether oxygens (including phenoxy) is 1. The molecule has 0 aromatic carbocycles. The van der Waals surface area contributed by atoms with E-state index in [1.807, 2.05) is 0 Å². The number of thiol groups is 2. The molecule has 0 unspecified atom stereocenters. The molecule has 0 radical (unpaired) electrons. The Bertz CT molecular complexity index is 85.4. The molecule has 0 heterocycles. The predicted octanol–water partition coefficient (Wildman–Crippen LogP) is 1.13. The molecule has 0 N–H and O–H groups in total. The van der Waals surface area contributed by atoms with E-state index in [4.69, 9.17) is 0 Å². The lowest BCUT2D eigenvalue weighted by Crippen LogP contribution is -2.12. The summed E-state index contributed by atoms with van der Waals surface area (Å²) in [4.78, 5) is 10.3. The predicted molar refractivity (Wildman–Crippen MR) is 36.8 cm³/mol. The molecule has 0 saturated heterocycles. The fourth-order valence-corrected chi connectivity index (χ4v) is 0.297. The van der Waals surface area contributed by atoms with Gasteiger partial charge in [0.15, 0.2) is 0 Å². The number of carbonyl (C=O) groups excluding carboxylic acids is 1. The lowest BCUT2D eigenvalue weighted by Gasteiger charge is -2.04. The summed E-state index contributed by atoms with van der Waals surface area (Å²) in [6, 6.07) is 0. The van der Waals surface area contributed by atoms with E-state index in [0.29, 0.717) is 6.61 Å². The van der Waals surface area contributed by atoms with Crippen LogP contribution in [0.3, 0.4) is 0 Å². The molecule has 0 saturated carbocycles. The maximum absolute atomic E-state index is 10.3. The average Bonchev–Trinajstić information content (AvgIpc) is 1.67. The first kappa shape index (κ1) is 7.97. The van der Waals surface area contributed by atoms with Crippen LogP contribution >= 0.6 is 25.6 Å². The minimum absolute atomic E-state index is 0.344. The van der Waals surface area contributed by atoms with Gasteiger partial charge in [0, 0.05) is 0 Å². The molecule has 0 aromatic rings. The number of amides is 1. The van der Waals surface area contributed by atoms with Gasteiger partial charge in [0.05, 0.1) is 6.61 Å². The van der Waals surface area contributed by atoms with Crippen molar-refractivity contribution in [2.45, 2.75) is 6.92 Å². The van der Waals surface area contributed by atoms with E-state index in [9.17, 15) is 4.79 Å². The van der Waals surface area contributed by atoms with Crippen LogP contribution in [0.25, 0.3) is 0 Å². The number of rotatable bonds is 1. The molecule has 0 aliphatic rings.